The molecule has 3 N–H and O–H groups in total. The molecule has 7 nitrogen and oxygen atoms in total. The fraction of sp³-hybridized carbons (Fsp3) is 0.500. The second-order valence-electron chi connectivity index (χ2n) is 3.58. The molecule has 0 fully saturated rings. The van der Waals surface area contributed by atoms with Crippen LogP contribution in [0, 0.1) is 0 Å². The molecule has 18 heavy (non-hydrogen) atoms. The number of carbonyl (C=O) groups excluding carboxylic acids is 2. The Bertz CT molecular complexity index is 446. The van der Waals surface area contributed by atoms with Crippen LogP contribution in [0.5, 0.6) is 0 Å². The first-order valence-corrected chi connectivity index (χ1v) is 6.18. The molecule has 0 aliphatic carbocycles. The molecular weight excluding hydrogens is 256 g/mol. The Morgan fingerprint density at radius 2 is 2.28 bits per heavy atom. The number of nitrogens with one attached hydrogen (secondary N) is 2. The van der Waals surface area contributed by atoms with Crippen LogP contribution in [-0.4, -0.2) is 38.9 Å². The number of imide groups is 1. The van der Waals surface area contributed by atoms with Crippen molar-refractivity contribution in [1.29, 1.82) is 0 Å². The Morgan fingerprint density at radius 3 is 2.78 bits per heavy atom. The van der Waals surface area contributed by atoms with E-state index in [2.05, 4.69) is 15.6 Å². The third-order valence-corrected chi connectivity index (χ3v) is 3.48. The van der Waals surface area contributed by atoms with Gasteiger partial charge in [-0.2, -0.15) is 0 Å². The molecule has 1 heterocycles. The molecule has 100 valence electrons. The number of amides is 3. The summed E-state index contributed by atoms with van der Waals surface area (Å²) in [5.74, 6) is -0.395. The fourth-order valence-electron chi connectivity index (χ4n) is 1.17. The predicted molar refractivity (Wildman–Crippen MR) is 67.0 cm³/mol. The maximum atomic E-state index is 11.6. The van der Waals surface area contributed by atoms with Crippen LogP contribution < -0.4 is 10.6 Å². The average molecular weight is 272 g/mol. The summed E-state index contributed by atoms with van der Waals surface area (Å²) >= 11 is 1.22. The number of hydrogen-bond acceptors (Lipinski definition) is 5. The third-order valence-electron chi connectivity index (χ3n) is 2.32. The molecule has 1 atom stereocenters. The molecule has 0 radical (unpaired) electrons. The number of hydrogen-bond donors (Lipinski definition) is 3. The molecule has 8 heteroatoms. The van der Waals surface area contributed by atoms with Gasteiger partial charge in [-0.05, 0) is 6.92 Å². The maximum Gasteiger partial charge on any atom is 0.321 e. The van der Waals surface area contributed by atoms with E-state index in [0.717, 1.165) is 0 Å². The SMILES string of the molecule is CNC(=O)NC(=O)C(C)Sc1ncc(CO)n1C. The Labute approximate surface area is 109 Å². The molecule has 0 spiro atoms. The van der Waals surface area contributed by atoms with Gasteiger partial charge < -0.3 is 15.0 Å². The zero-order valence-corrected chi connectivity index (χ0v) is 11.2. The molecule has 0 aliphatic rings. The Morgan fingerprint density at radius 1 is 1.61 bits per heavy atom. The minimum atomic E-state index is -0.539. The van der Waals surface area contributed by atoms with E-state index in [4.69, 9.17) is 5.11 Å². The van der Waals surface area contributed by atoms with Crippen molar-refractivity contribution in [3.63, 3.8) is 0 Å². The van der Waals surface area contributed by atoms with Crippen LogP contribution in [-0.2, 0) is 18.4 Å². The molecule has 1 rings (SSSR count). The number of thioether (sulfide) groups is 1. The number of nitrogens with zero attached hydrogens (tertiary/aromatic N) is 2. The van der Waals surface area contributed by atoms with Crippen LogP contribution in [0.25, 0.3) is 0 Å². The van der Waals surface area contributed by atoms with Gasteiger partial charge in [0.25, 0.3) is 0 Å². The molecule has 1 aromatic rings. The van der Waals surface area contributed by atoms with Crippen LogP contribution in [0.4, 0.5) is 4.79 Å². The molecule has 1 aromatic heterocycles. The quantitative estimate of drug-likeness (QED) is 0.662. The normalized spacial score (nSPS) is 12.0. The van der Waals surface area contributed by atoms with Gasteiger partial charge in [-0.1, -0.05) is 11.8 Å². The molecule has 0 aromatic carbocycles. The van der Waals surface area contributed by atoms with Crippen molar-refractivity contribution in [3.05, 3.63) is 11.9 Å². The van der Waals surface area contributed by atoms with Crippen molar-refractivity contribution >= 4 is 23.7 Å². The zero-order chi connectivity index (χ0) is 13.7. The second kappa shape index (κ2) is 6.41. The highest BCUT2D eigenvalue weighted by Gasteiger charge is 2.19. The summed E-state index contributed by atoms with van der Waals surface area (Å²) in [5, 5.41) is 13.7. The summed E-state index contributed by atoms with van der Waals surface area (Å²) in [6.07, 6.45) is 1.55. The number of carbonyl (C=O) groups is 2. The highest BCUT2D eigenvalue weighted by molar-refractivity contribution is 8.00. The van der Waals surface area contributed by atoms with E-state index in [1.54, 1.807) is 24.7 Å². The van der Waals surface area contributed by atoms with Gasteiger partial charge in [0, 0.05) is 14.1 Å². The first kappa shape index (κ1) is 14.5. The molecule has 0 aliphatic heterocycles. The summed E-state index contributed by atoms with van der Waals surface area (Å²) < 4.78 is 1.70. The summed E-state index contributed by atoms with van der Waals surface area (Å²) in [4.78, 5) is 26.7. The number of aliphatic hydroxyl groups is 1. The molecule has 0 saturated carbocycles. The number of rotatable bonds is 4. The zero-order valence-electron chi connectivity index (χ0n) is 10.4. The van der Waals surface area contributed by atoms with Gasteiger partial charge in [-0.15, -0.1) is 0 Å². The smallest absolute Gasteiger partial charge is 0.321 e. The number of imidazole rings is 1. The predicted octanol–water partition coefficient (Wildman–Crippen LogP) is -0.151. The van der Waals surface area contributed by atoms with Crippen molar-refractivity contribution in [2.45, 2.75) is 23.9 Å². The van der Waals surface area contributed by atoms with Crippen LogP contribution in [0.3, 0.4) is 0 Å². The standard InChI is InChI=1S/C10H16N4O3S/c1-6(8(16)13-9(17)11-2)18-10-12-4-7(5-15)14(10)3/h4,6,15H,5H2,1-3H3,(H2,11,13,16,17). The maximum absolute atomic E-state index is 11.6. The highest BCUT2D eigenvalue weighted by atomic mass is 32.2. The van der Waals surface area contributed by atoms with E-state index in [0.29, 0.717) is 10.9 Å². The molecule has 0 bridgehead atoms. The summed E-state index contributed by atoms with van der Waals surface area (Å²) in [5.41, 5.74) is 0.663. The van der Waals surface area contributed by atoms with E-state index in [-0.39, 0.29) is 6.61 Å². The van der Waals surface area contributed by atoms with Crippen LogP contribution in [0.1, 0.15) is 12.6 Å². The highest BCUT2D eigenvalue weighted by Crippen LogP contribution is 2.22. The van der Waals surface area contributed by atoms with E-state index in [9.17, 15) is 9.59 Å². The van der Waals surface area contributed by atoms with Gasteiger partial charge in [0.1, 0.15) is 0 Å². The molecular formula is C10H16N4O3S. The lowest BCUT2D eigenvalue weighted by atomic mass is 10.4. The van der Waals surface area contributed by atoms with Crippen LogP contribution in [0.15, 0.2) is 11.4 Å². The van der Waals surface area contributed by atoms with Crippen LogP contribution >= 0.6 is 11.8 Å². The molecule has 3 amide bonds. The third kappa shape index (κ3) is 3.47. The van der Waals surface area contributed by atoms with Crippen molar-refractivity contribution in [1.82, 2.24) is 20.2 Å². The Hall–Kier alpha value is -1.54. The minimum Gasteiger partial charge on any atom is -0.390 e. The summed E-state index contributed by atoms with van der Waals surface area (Å²) in [6.45, 7) is 1.57. The van der Waals surface area contributed by atoms with Gasteiger partial charge >= 0.3 is 6.03 Å². The van der Waals surface area contributed by atoms with Gasteiger partial charge in [0.15, 0.2) is 5.16 Å². The lowest BCUT2D eigenvalue weighted by Gasteiger charge is -2.10. The van der Waals surface area contributed by atoms with Crippen LogP contribution in [0.2, 0.25) is 0 Å². The van der Waals surface area contributed by atoms with Crippen molar-refractivity contribution in [2.24, 2.45) is 7.05 Å². The van der Waals surface area contributed by atoms with Gasteiger partial charge in [0.05, 0.1) is 23.7 Å². The lowest BCUT2D eigenvalue weighted by Crippen LogP contribution is -2.41. The van der Waals surface area contributed by atoms with E-state index >= 15 is 0 Å². The molecule has 1 unspecified atom stereocenters. The van der Waals surface area contributed by atoms with Crippen molar-refractivity contribution in [3.8, 4) is 0 Å². The second-order valence-corrected chi connectivity index (χ2v) is 4.89. The van der Waals surface area contributed by atoms with Gasteiger partial charge in [-0.3, -0.25) is 10.1 Å². The molecule has 0 saturated heterocycles. The minimum absolute atomic E-state index is 0.108. The van der Waals surface area contributed by atoms with E-state index < -0.39 is 17.2 Å². The first-order chi connectivity index (χ1) is 8.49. The monoisotopic (exact) mass is 272 g/mol. The van der Waals surface area contributed by atoms with E-state index in [1.165, 1.54) is 18.8 Å². The average Bonchev–Trinajstić information content (AvgIpc) is 2.70. The van der Waals surface area contributed by atoms with E-state index in [1.807, 2.05) is 0 Å². The summed E-state index contributed by atoms with van der Waals surface area (Å²) in [6, 6.07) is -0.539. The fourth-order valence-corrected chi connectivity index (χ4v) is 2.04. The van der Waals surface area contributed by atoms with Gasteiger partial charge in [-0.25, -0.2) is 9.78 Å². The number of aliphatic hydroxyl groups excluding tert-OH is 1. The summed E-state index contributed by atoms with van der Waals surface area (Å²) in [7, 11) is 3.19. The number of urea groups is 1. The van der Waals surface area contributed by atoms with Gasteiger partial charge in [0.2, 0.25) is 5.91 Å². The Kier molecular flexibility index (Phi) is 5.17. The largest absolute Gasteiger partial charge is 0.390 e. The first-order valence-electron chi connectivity index (χ1n) is 5.30. The number of aromatic nitrogens is 2. The Balaban J connectivity index is 2.63. The lowest BCUT2D eigenvalue weighted by molar-refractivity contribution is -0.119. The van der Waals surface area contributed by atoms with Crippen molar-refractivity contribution < 1.29 is 14.7 Å². The topological polar surface area (TPSA) is 96.2 Å². The van der Waals surface area contributed by atoms with Crippen molar-refractivity contribution in [2.75, 3.05) is 7.05 Å².